The van der Waals surface area contributed by atoms with Gasteiger partial charge in [-0.25, -0.2) is 0 Å². The van der Waals surface area contributed by atoms with E-state index in [1.54, 1.807) is 12.3 Å². The molecule has 2 unspecified atom stereocenters. The summed E-state index contributed by atoms with van der Waals surface area (Å²) in [5.41, 5.74) is 3.61. The minimum Gasteiger partial charge on any atom is -0.348 e. The van der Waals surface area contributed by atoms with Gasteiger partial charge in [0, 0.05) is 23.7 Å². The second-order valence-corrected chi connectivity index (χ2v) is 5.43. The number of anilines is 1. The molecule has 1 saturated carbocycles. The van der Waals surface area contributed by atoms with Crippen molar-refractivity contribution in [2.75, 3.05) is 11.7 Å². The number of amides is 1. The first-order chi connectivity index (χ1) is 8.76. The summed E-state index contributed by atoms with van der Waals surface area (Å²) >= 11 is 1.82. The topological polar surface area (TPSA) is 80.0 Å². The number of carbonyl (C=O) groups excluding carboxylic acids is 1. The number of rotatable bonds is 4. The Morgan fingerprint density at radius 1 is 1.56 bits per heavy atom. The van der Waals surface area contributed by atoms with Crippen LogP contribution in [0.25, 0.3) is 0 Å². The number of hydrazine groups is 1. The first-order valence-electron chi connectivity index (χ1n) is 6.00. The lowest BCUT2D eigenvalue weighted by atomic mass is 10.2. The van der Waals surface area contributed by atoms with Crippen LogP contribution in [0.2, 0.25) is 0 Å². The minimum atomic E-state index is -0.109. The molecule has 0 spiro atoms. The van der Waals surface area contributed by atoms with Crippen LogP contribution in [0, 0.1) is 0 Å². The van der Waals surface area contributed by atoms with Gasteiger partial charge in [0.15, 0.2) is 0 Å². The van der Waals surface area contributed by atoms with Crippen LogP contribution in [0.1, 0.15) is 29.6 Å². The highest BCUT2D eigenvalue weighted by Crippen LogP contribution is 2.28. The molecule has 98 valence electrons. The summed E-state index contributed by atoms with van der Waals surface area (Å²) in [4.78, 5) is 16.2. The van der Waals surface area contributed by atoms with Gasteiger partial charge in [0.2, 0.25) is 0 Å². The summed E-state index contributed by atoms with van der Waals surface area (Å²) in [6.07, 6.45) is 8.61. The average molecular weight is 266 g/mol. The fourth-order valence-electron chi connectivity index (χ4n) is 2.32. The van der Waals surface area contributed by atoms with Gasteiger partial charge in [-0.15, -0.1) is 0 Å². The van der Waals surface area contributed by atoms with Gasteiger partial charge in [-0.1, -0.05) is 6.42 Å². The quantitative estimate of drug-likeness (QED) is 0.567. The average Bonchev–Trinajstić information content (AvgIpc) is 2.85. The Labute approximate surface area is 111 Å². The van der Waals surface area contributed by atoms with Crippen LogP contribution >= 0.6 is 11.8 Å². The first kappa shape index (κ1) is 13.2. The molecule has 0 radical (unpaired) electrons. The molecule has 1 aromatic heterocycles. The van der Waals surface area contributed by atoms with Gasteiger partial charge < -0.3 is 10.7 Å². The molecule has 6 heteroatoms. The van der Waals surface area contributed by atoms with Crippen molar-refractivity contribution in [2.45, 2.75) is 30.6 Å². The zero-order valence-corrected chi connectivity index (χ0v) is 11.2. The fourth-order valence-corrected chi connectivity index (χ4v) is 3.26. The highest BCUT2D eigenvalue weighted by Gasteiger charge is 2.28. The molecule has 0 aliphatic heterocycles. The van der Waals surface area contributed by atoms with Crippen molar-refractivity contribution in [3.05, 3.63) is 24.0 Å². The smallest absolute Gasteiger partial charge is 0.255 e. The molecule has 1 aliphatic carbocycles. The third kappa shape index (κ3) is 2.76. The molecular formula is C12H18N4OS. The molecule has 1 heterocycles. The molecule has 2 rings (SSSR count). The van der Waals surface area contributed by atoms with Crippen molar-refractivity contribution >= 4 is 23.4 Å². The number of nitrogens with two attached hydrogens (primary N) is 1. The van der Waals surface area contributed by atoms with Crippen LogP contribution in [0.4, 0.5) is 5.69 Å². The van der Waals surface area contributed by atoms with Crippen LogP contribution < -0.4 is 16.6 Å². The monoisotopic (exact) mass is 266 g/mol. The molecule has 18 heavy (non-hydrogen) atoms. The van der Waals surface area contributed by atoms with E-state index >= 15 is 0 Å². The van der Waals surface area contributed by atoms with Gasteiger partial charge in [-0.3, -0.25) is 15.6 Å². The van der Waals surface area contributed by atoms with Crippen LogP contribution in [-0.2, 0) is 0 Å². The van der Waals surface area contributed by atoms with E-state index < -0.39 is 0 Å². The molecule has 1 aromatic rings. The number of nitrogens with zero attached hydrogens (tertiary/aromatic N) is 1. The van der Waals surface area contributed by atoms with Crippen molar-refractivity contribution < 1.29 is 4.79 Å². The van der Waals surface area contributed by atoms with Crippen molar-refractivity contribution in [1.82, 2.24) is 10.3 Å². The molecule has 1 fully saturated rings. The van der Waals surface area contributed by atoms with Gasteiger partial charge in [0.1, 0.15) is 0 Å². The van der Waals surface area contributed by atoms with Gasteiger partial charge in [0.05, 0.1) is 11.3 Å². The predicted molar refractivity (Wildman–Crippen MR) is 74.5 cm³/mol. The Morgan fingerprint density at radius 3 is 3.11 bits per heavy atom. The molecule has 1 aliphatic rings. The summed E-state index contributed by atoms with van der Waals surface area (Å²) in [6.45, 7) is 0. The van der Waals surface area contributed by atoms with E-state index in [1.165, 1.54) is 19.0 Å². The largest absolute Gasteiger partial charge is 0.348 e. The van der Waals surface area contributed by atoms with Crippen molar-refractivity contribution in [2.24, 2.45) is 5.84 Å². The van der Waals surface area contributed by atoms with Crippen LogP contribution in [-0.4, -0.2) is 28.4 Å². The van der Waals surface area contributed by atoms with Gasteiger partial charge in [-0.05, 0) is 25.2 Å². The number of hydrogen-bond donors (Lipinski definition) is 3. The van der Waals surface area contributed by atoms with Crippen molar-refractivity contribution in [1.29, 1.82) is 0 Å². The van der Waals surface area contributed by atoms with E-state index in [0.29, 0.717) is 16.5 Å². The summed E-state index contributed by atoms with van der Waals surface area (Å²) in [5, 5.41) is 3.59. The molecule has 5 nitrogen and oxygen atoms in total. The van der Waals surface area contributed by atoms with Gasteiger partial charge in [-0.2, -0.15) is 11.8 Å². The number of hydrogen-bond acceptors (Lipinski definition) is 5. The Balaban J connectivity index is 2.07. The summed E-state index contributed by atoms with van der Waals surface area (Å²) in [6, 6.07) is 1.94. The molecular weight excluding hydrogens is 248 g/mol. The SMILES string of the molecule is CSC1CCCC1NC(=O)c1cnccc1NN. The van der Waals surface area contributed by atoms with E-state index in [0.717, 1.165) is 6.42 Å². The lowest BCUT2D eigenvalue weighted by Crippen LogP contribution is -2.39. The molecule has 0 saturated heterocycles. The minimum absolute atomic E-state index is 0.109. The third-order valence-corrected chi connectivity index (χ3v) is 4.46. The number of aromatic nitrogens is 1. The molecule has 1 amide bonds. The number of nitrogens with one attached hydrogen (secondary N) is 2. The number of thioether (sulfide) groups is 1. The Bertz CT molecular complexity index is 426. The second-order valence-electron chi connectivity index (χ2n) is 4.35. The van der Waals surface area contributed by atoms with Gasteiger partial charge >= 0.3 is 0 Å². The number of pyridine rings is 1. The summed E-state index contributed by atoms with van der Waals surface area (Å²) in [7, 11) is 0. The van der Waals surface area contributed by atoms with E-state index in [1.807, 2.05) is 11.8 Å². The predicted octanol–water partition coefficient (Wildman–Crippen LogP) is 1.38. The fraction of sp³-hybridized carbons (Fsp3) is 0.500. The first-order valence-corrected chi connectivity index (χ1v) is 7.29. The number of nitrogen functional groups attached to an aromatic ring is 1. The van der Waals surface area contributed by atoms with Crippen LogP contribution in [0.15, 0.2) is 18.5 Å². The lowest BCUT2D eigenvalue weighted by Gasteiger charge is -2.19. The Kier molecular flexibility index (Phi) is 4.43. The van der Waals surface area contributed by atoms with E-state index in [-0.39, 0.29) is 11.9 Å². The maximum atomic E-state index is 12.2. The summed E-state index contributed by atoms with van der Waals surface area (Å²) < 4.78 is 0. The zero-order valence-electron chi connectivity index (χ0n) is 10.3. The normalized spacial score (nSPS) is 22.8. The van der Waals surface area contributed by atoms with Crippen molar-refractivity contribution in [3.63, 3.8) is 0 Å². The zero-order chi connectivity index (χ0) is 13.0. The molecule has 2 atom stereocenters. The molecule has 4 N–H and O–H groups in total. The van der Waals surface area contributed by atoms with Crippen LogP contribution in [0.5, 0.6) is 0 Å². The van der Waals surface area contributed by atoms with Crippen LogP contribution in [0.3, 0.4) is 0 Å². The van der Waals surface area contributed by atoms with Crippen molar-refractivity contribution in [3.8, 4) is 0 Å². The molecule has 0 aromatic carbocycles. The van der Waals surface area contributed by atoms with E-state index in [9.17, 15) is 4.79 Å². The Hall–Kier alpha value is -1.27. The standard InChI is InChI=1S/C12H18N4OS/c1-18-11-4-2-3-10(11)15-12(17)8-7-14-6-5-9(8)16-13/h5-7,10-11H,2-4,13H2,1H3,(H,14,16)(H,15,17). The highest BCUT2D eigenvalue weighted by atomic mass is 32.2. The van der Waals surface area contributed by atoms with E-state index in [4.69, 9.17) is 5.84 Å². The second kappa shape index (κ2) is 6.06. The highest BCUT2D eigenvalue weighted by molar-refractivity contribution is 7.99. The lowest BCUT2D eigenvalue weighted by molar-refractivity contribution is 0.0939. The molecule has 0 bridgehead atoms. The van der Waals surface area contributed by atoms with Gasteiger partial charge in [0.25, 0.3) is 5.91 Å². The Morgan fingerprint density at radius 2 is 2.39 bits per heavy atom. The maximum Gasteiger partial charge on any atom is 0.255 e. The third-order valence-electron chi connectivity index (χ3n) is 3.29. The number of carbonyl (C=O) groups is 1. The summed E-state index contributed by atoms with van der Waals surface area (Å²) in [5.74, 6) is 5.28. The maximum absolute atomic E-state index is 12.2. The van der Waals surface area contributed by atoms with E-state index in [2.05, 4.69) is 22.0 Å².